The number of benzene rings is 1. The molecule has 2 heterocycles. The number of fused-ring (bicyclic) bond motifs is 1. The van der Waals surface area contributed by atoms with Crippen molar-refractivity contribution in [2.75, 3.05) is 12.4 Å². The van der Waals surface area contributed by atoms with Gasteiger partial charge in [-0.05, 0) is 24.3 Å². The molecule has 0 saturated heterocycles. The zero-order chi connectivity index (χ0) is 12.5. The molecule has 0 spiro atoms. The van der Waals surface area contributed by atoms with Crippen molar-refractivity contribution >= 4 is 28.6 Å². The van der Waals surface area contributed by atoms with E-state index in [1.165, 1.54) is 0 Å². The lowest BCUT2D eigenvalue weighted by atomic mass is 10.2. The minimum atomic E-state index is 0.672. The first-order valence-corrected chi connectivity index (χ1v) is 5.95. The van der Waals surface area contributed by atoms with Gasteiger partial charge >= 0.3 is 0 Å². The van der Waals surface area contributed by atoms with E-state index in [4.69, 9.17) is 11.6 Å². The first-order chi connectivity index (χ1) is 8.78. The summed E-state index contributed by atoms with van der Waals surface area (Å²) in [6.45, 7) is 0. The summed E-state index contributed by atoms with van der Waals surface area (Å²) in [7, 11) is 1.83. The van der Waals surface area contributed by atoms with Gasteiger partial charge in [0.25, 0.3) is 0 Å². The van der Waals surface area contributed by atoms with Crippen molar-refractivity contribution in [3.8, 4) is 11.4 Å². The van der Waals surface area contributed by atoms with Crippen molar-refractivity contribution in [3.05, 3.63) is 41.4 Å². The van der Waals surface area contributed by atoms with Crippen LogP contribution in [-0.4, -0.2) is 22.0 Å². The molecule has 2 aromatic heterocycles. The largest absolute Gasteiger partial charge is 0.373 e. The maximum atomic E-state index is 6.15. The lowest BCUT2D eigenvalue weighted by Gasteiger charge is -1.98. The molecule has 0 fully saturated rings. The van der Waals surface area contributed by atoms with Crippen LogP contribution in [0.4, 0.5) is 5.82 Å². The van der Waals surface area contributed by atoms with E-state index in [0.717, 1.165) is 22.7 Å². The van der Waals surface area contributed by atoms with Crippen LogP contribution < -0.4 is 5.32 Å². The molecule has 0 aliphatic carbocycles. The van der Waals surface area contributed by atoms with Crippen LogP contribution in [0, 0.1) is 0 Å². The molecule has 90 valence electrons. The van der Waals surface area contributed by atoms with Gasteiger partial charge in [0.15, 0.2) is 5.65 Å². The van der Waals surface area contributed by atoms with E-state index in [-0.39, 0.29) is 0 Å². The fourth-order valence-electron chi connectivity index (χ4n) is 1.81. The summed E-state index contributed by atoms with van der Waals surface area (Å²) in [5.74, 6) is 1.52. The average molecular weight is 259 g/mol. The third-order valence-electron chi connectivity index (χ3n) is 2.73. The number of aromatic nitrogens is 3. The number of pyridine rings is 1. The predicted molar refractivity (Wildman–Crippen MR) is 73.9 cm³/mol. The second-order valence-electron chi connectivity index (χ2n) is 3.88. The summed E-state index contributed by atoms with van der Waals surface area (Å²) in [5, 5.41) is 3.66. The van der Waals surface area contributed by atoms with Crippen LogP contribution in [0.1, 0.15) is 0 Å². The second kappa shape index (κ2) is 4.31. The first kappa shape index (κ1) is 11.0. The quantitative estimate of drug-likeness (QED) is 0.741. The van der Waals surface area contributed by atoms with Crippen molar-refractivity contribution in [1.82, 2.24) is 15.0 Å². The van der Waals surface area contributed by atoms with E-state index in [0.29, 0.717) is 10.7 Å². The molecule has 18 heavy (non-hydrogen) atoms. The Bertz CT molecular complexity index is 705. The topological polar surface area (TPSA) is 53.6 Å². The van der Waals surface area contributed by atoms with Gasteiger partial charge in [-0.3, -0.25) is 0 Å². The zero-order valence-corrected chi connectivity index (χ0v) is 10.5. The summed E-state index contributed by atoms with van der Waals surface area (Å²) < 4.78 is 0. The van der Waals surface area contributed by atoms with Gasteiger partial charge in [-0.15, -0.1) is 0 Å². The van der Waals surface area contributed by atoms with Gasteiger partial charge in [0, 0.05) is 12.6 Å². The molecule has 0 aliphatic rings. The molecule has 0 radical (unpaired) electrons. The Hall–Kier alpha value is -2.07. The standard InChI is InChI=1S/C13H11ClN4/c1-15-11-7-6-10-13(17-11)18-12(16-10)8-4-2-3-5-9(8)14/h2-7H,1H3,(H2,15,16,17,18). The van der Waals surface area contributed by atoms with E-state index in [9.17, 15) is 0 Å². The zero-order valence-electron chi connectivity index (χ0n) is 9.74. The molecular formula is C13H11ClN4. The number of hydrogen-bond acceptors (Lipinski definition) is 3. The van der Waals surface area contributed by atoms with E-state index >= 15 is 0 Å². The molecule has 1 aromatic carbocycles. The fourth-order valence-corrected chi connectivity index (χ4v) is 2.04. The van der Waals surface area contributed by atoms with Crippen molar-refractivity contribution in [3.63, 3.8) is 0 Å². The second-order valence-corrected chi connectivity index (χ2v) is 4.29. The van der Waals surface area contributed by atoms with Gasteiger partial charge in [0.2, 0.25) is 0 Å². The third kappa shape index (κ3) is 1.80. The van der Waals surface area contributed by atoms with Crippen molar-refractivity contribution in [1.29, 1.82) is 0 Å². The number of H-pyrrole nitrogens is 1. The number of rotatable bonds is 2. The van der Waals surface area contributed by atoms with E-state index < -0.39 is 0 Å². The Morgan fingerprint density at radius 1 is 1.11 bits per heavy atom. The highest BCUT2D eigenvalue weighted by Crippen LogP contribution is 2.26. The van der Waals surface area contributed by atoms with Crippen LogP contribution in [0.2, 0.25) is 5.02 Å². The highest BCUT2D eigenvalue weighted by Gasteiger charge is 2.09. The molecule has 0 aliphatic heterocycles. The molecular weight excluding hydrogens is 248 g/mol. The van der Waals surface area contributed by atoms with Gasteiger partial charge in [-0.1, -0.05) is 23.7 Å². The van der Waals surface area contributed by atoms with Gasteiger partial charge in [-0.25, -0.2) is 9.97 Å². The van der Waals surface area contributed by atoms with Crippen molar-refractivity contribution in [2.45, 2.75) is 0 Å². The van der Waals surface area contributed by atoms with Crippen molar-refractivity contribution in [2.24, 2.45) is 0 Å². The maximum Gasteiger partial charge on any atom is 0.180 e. The first-order valence-electron chi connectivity index (χ1n) is 5.57. The molecule has 2 N–H and O–H groups in total. The van der Waals surface area contributed by atoms with E-state index in [1.807, 2.05) is 43.4 Å². The molecule has 3 aromatic rings. The Morgan fingerprint density at radius 2 is 1.94 bits per heavy atom. The van der Waals surface area contributed by atoms with Crippen LogP contribution in [0.15, 0.2) is 36.4 Å². The average Bonchev–Trinajstić information content (AvgIpc) is 2.81. The van der Waals surface area contributed by atoms with E-state index in [1.54, 1.807) is 0 Å². The Labute approximate surface area is 109 Å². The third-order valence-corrected chi connectivity index (χ3v) is 3.06. The van der Waals surface area contributed by atoms with Gasteiger partial charge in [0.1, 0.15) is 11.6 Å². The molecule has 5 heteroatoms. The van der Waals surface area contributed by atoms with E-state index in [2.05, 4.69) is 20.3 Å². The number of hydrogen-bond donors (Lipinski definition) is 2. The van der Waals surface area contributed by atoms with Crippen molar-refractivity contribution < 1.29 is 0 Å². The van der Waals surface area contributed by atoms with Crippen LogP contribution in [0.25, 0.3) is 22.6 Å². The minimum Gasteiger partial charge on any atom is -0.373 e. The van der Waals surface area contributed by atoms with Crippen LogP contribution in [-0.2, 0) is 0 Å². The van der Waals surface area contributed by atoms with Crippen LogP contribution in [0.5, 0.6) is 0 Å². The number of imidazole rings is 1. The highest BCUT2D eigenvalue weighted by atomic mass is 35.5. The Morgan fingerprint density at radius 3 is 2.72 bits per heavy atom. The lowest BCUT2D eigenvalue weighted by Crippen LogP contribution is -1.91. The SMILES string of the molecule is CNc1ccc2[nH]c(-c3ccccc3Cl)nc2n1. The molecule has 0 saturated carbocycles. The van der Waals surface area contributed by atoms with Crippen LogP contribution >= 0.6 is 11.6 Å². The molecule has 0 bridgehead atoms. The normalized spacial score (nSPS) is 10.8. The fraction of sp³-hybridized carbons (Fsp3) is 0.0769. The number of nitrogens with one attached hydrogen (secondary N) is 2. The number of halogens is 1. The summed E-state index contributed by atoms with van der Waals surface area (Å²) in [5.41, 5.74) is 2.45. The molecule has 0 unspecified atom stereocenters. The molecule has 0 atom stereocenters. The number of anilines is 1. The molecule has 0 amide bonds. The Kier molecular flexibility index (Phi) is 2.64. The summed E-state index contributed by atoms with van der Waals surface area (Å²) in [6, 6.07) is 11.4. The lowest BCUT2D eigenvalue weighted by molar-refractivity contribution is 1.28. The smallest absolute Gasteiger partial charge is 0.180 e. The number of aromatic amines is 1. The highest BCUT2D eigenvalue weighted by molar-refractivity contribution is 6.33. The monoisotopic (exact) mass is 258 g/mol. The maximum absolute atomic E-state index is 6.15. The minimum absolute atomic E-state index is 0.672. The summed E-state index contributed by atoms with van der Waals surface area (Å²) >= 11 is 6.15. The van der Waals surface area contributed by atoms with Gasteiger partial charge in [0.05, 0.1) is 10.5 Å². The van der Waals surface area contributed by atoms with Gasteiger partial charge < -0.3 is 10.3 Å². The molecule has 3 rings (SSSR count). The predicted octanol–water partition coefficient (Wildman–Crippen LogP) is 3.32. The number of nitrogens with zero attached hydrogens (tertiary/aromatic N) is 2. The Balaban J connectivity index is 2.17. The molecule has 4 nitrogen and oxygen atoms in total. The van der Waals surface area contributed by atoms with Crippen LogP contribution in [0.3, 0.4) is 0 Å². The summed E-state index contributed by atoms with van der Waals surface area (Å²) in [4.78, 5) is 12.1. The summed E-state index contributed by atoms with van der Waals surface area (Å²) in [6.07, 6.45) is 0. The van der Waals surface area contributed by atoms with Gasteiger partial charge in [-0.2, -0.15) is 0 Å².